The van der Waals surface area contributed by atoms with Crippen LogP contribution < -0.4 is 5.32 Å². The van der Waals surface area contributed by atoms with E-state index in [1.54, 1.807) is 0 Å². The molecule has 5 heteroatoms. The molecule has 0 saturated carbocycles. The van der Waals surface area contributed by atoms with E-state index in [4.69, 9.17) is 5.41 Å². The minimum Gasteiger partial charge on any atom is -0.279 e. The Kier molecular flexibility index (Phi) is 0.985. The summed E-state index contributed by atoms with van der Waals surface area (Å²) in [5.41, 5.74) is 0. The number of urea groups is 1. The number of nitrogens with zero attached hydrogens (tertiary/aromatic N) is 1. The van der Waals surface area contributed by atoms with Crippen molar-refractivity contribution in [3.8, 4) is 0 Å². The minimum atomic E-state index is -0.637. The van der Waals surface area contributed by atoms with E-state index in [0.29, 0.717) is 0 Å². The summed E-state index contributed by atoms with van der Waals surface area (Å²) in [4.78, 5) is 21.8. The van der Waals surface area contributed by atoms with Crippen LogP contribution in [-0.2, 0) is 4.79 Å². The van der Waals surface area contributed by atoms with Crippen LogP contribution in [0.15, 0.2) is 0 Å². The molecular weight excluding hydrogens is 122 g/mol. The Morgan fingerprint density at radius 2 is 2.11 bits per heavy atom. The van der Waals surface area contributed by atoms with Gasteiger partial charge in [-0.15, -0.1) is 0 Å². The van der Waals surface area contributed by atoms with E-state index in [2.05, 4.69) is 0 Å². The molecule has 0 aromatic heterocycles. The number of hydrogen-bond donors (Lipinski definition) is 2. The van der Waals surface area contributed by atoms with E-state index in [1.165, 1.54) is 7.05 Å². The first-order valence-electron chi connectivity index (χ1n) is 2.30. The lowest BCUT2D eigenvalue weighted by Crippen LogP contribution is -2.25. The molecule has 1 rings (SSSR count). The summed E-state index contributed by atoms with van der Waals surface area (Å²) in [6.07, 6.45) is 0. The molecule has 0 spiro atoms. The predicted octanol–water partition coefficient (Wildman–Crippen LogP) is -0.855. The molecule has 1 aliphatic heterocycles. The fourth-order valence-corrected chi connectivity index (χ4v) is 0.494. The van der Waals surface area contributed by atoms with Crippen molar-refractivity contribution in [2.75, 3.05) is 7.05 Å². The van der Waals surface area contributed by atoms with Crippen LogP contribution in [0.3, 0.4) is 0 Å². The van der Waals surface area contributed by atoms with E-state index in [1.807, 2.05) is 5.32 Å². The second-order valence-electron chi connectivity index (χ2n) is 1.67. The first-order valence-corrected chi connectivity index (χ1v) is 2.30. The highest BCUT2D eigenvalue weighted by atomic mass is 16.2. The van der Waals surface area contributed by atoms with Gasteiger partial charge in [-0.3, -0.25) is 20.4 Å². The number of carbonyl (C=O) groups excluding carboxylic acids is 2. The van der Waals surface area contributed by atoms with E-state index < -0.39 is 11.9 Å². The molecule has 9 heavy (non-hydrogen) atoms. The maximum absolute atomic E-state index is 10.4. The average Bonchev–Trinajstić information content (AvgIpc) is 1.98. The lowest BCUT2D eigenvalue weighted by atomic mass is 10.6. The molecule has 2 N–H and O–H groups in total. The van der Waals surface area contributed by atoms with Crippen LogP contribution in [0.1, 0.15) is 0 Å². The smallest absolute Gasteiger partial charge is 0.279 e. The van der Waals surface area contributed by atoms with Crippen LogP contribution in [0, 0.1) is 5.41 Å². The van der Waals surface area contributed by atoms with E-state index in [0.717, 1.165) is 4.90 Å². The van der Waals surface area contributed by atoms with Crippen molar-refractivity contribution in [1.29, 1.82) is 5.41 Å². The van der Waals surface area contributed by atoms with Crippen molar-refractivity contribution in [1.82, 2.24) is 10.2 Å². The van der Waals surface area contributed by atoms with Gasteiger partial charge >= 0.3 is 6.03 Å². The van der Waals surface area contributed by atoms with Crippen molar-refractivity contribution in [3.05, 3.63) is 0 Å². The molecular formula is C4H5N3O2. The topological polar surface area (TPSA) is 73.3 Å². The molecule has 1 saturated heterocycles. The normalized spacial score (nSPS) is 18.8. The Labute approximate surface area is 51.1 Å². The SMILES string of the molecule is CN1C(=N)C(=O)NC1=O. The zero-order valence-corrected chi connectivity index (χ0v) is 4.76. The van der Waals surface area contributed by atoms with Crippen LogP contribution >= 0.6 is 0 Å². The number of rotatable bonds is 0. The van der Waals surface area contributed by atoms with Gasteiger partial charge < -0.3 is 0 Å². The first-order chi connectivity index (χ1) is 4.13. The fraction of sp³-hybridized carbons (Fsp3) is 0.250. The van der Waals surface area contributed by atoms with Crippen molar-refractivity contribution < 1.29 is 9.59 Å². The lowest BCUT2D eigenvalue weighted by Gasteiger charge is -2.00. The number of hydrogen-bond acceptors (Lipinski definition) is 3. The Balaban J connectivity index is 2.90. The quantitative estimate of drug-likeness (QED) is 0.416. The number of nitrogens with one attached hydrogen (secondary N) is 2. The van der Waals surface area contributed by atoms with Gasteiger partial charge in [-0.05, 0) is 0 Å². The molecule has 0 aromatic carbocycles. The monoisotopic (exact) mass is 127 g/mol. The summed E-state index contributed by atoms with van der Waals surface area (Å²) < 4.78 is 0. The van der Waals surface area contributed by atoms with Crippen LogP contribution in [0.2, 0.25) is 0 Å². The zero-order valence-electron chi connectivity index (χ0n) is 4.76. The Morgan fingerprint density at radius 1 is 1.56 bits per heavy atom. The Morgan fingerprint density at radius 3 is 2.22 bits per heavy atom. The molecule has 1 fully saturated rings. The summed E-state index contributed by atoms with van der Waals surface area (Å²) in [6.45, 7) is 0. The molecule has 0 aromatic rings. The van der Waals surface area contributed by atoms with Crippen molar-refractivity contribution in [3.63, 3.8) is 0 Å². The number of amides is 3. The molecule has 0 atom stereocenters. The highest BCUT2D eigenvalue weighted by Crippen LogP contribution is 1.94. The van der Waals surface area contributed by atoms with Crippen molar-refractivity contribution >= 4 is 17.8 Å². The van der Waals surface area contributed by atoms with Gasteiger partial charge in [0.05, 0.1) is 0 Å². The van der Waals surface area contributed by atoms with Crippen LogP contribution in [0.25, 0.3) is 0 Å². The minimum absolute atomic E-state index is 0.306. The predicted molar refractivity (Wildman–Crippen MR) is 29.0 cm³/mol. The highest BCUT2D eigenvalue weighted by molar-refractivity contribution is 6.45. The largest absolute Gasteiger partial charge is 0.329 e. The second-order valence-corrected chi connectivity index (χ2v) is 1.67. The third kappa shape index (κ3) is 0.658. The molecule has 0 aliphatic carbocycles. The molecule has 0 bridgehead atoms. The van der Waals surface area contributed by atoms with Crippen LogP contribution in [-0.4, -0.2) is 29.7 Å². The molecule has 0 radical (unpaired) electrons. The first kappa shape index (κ1) is 5.74. The molecule has 5 nitrogen and oxygen atoms in total. The fourth-order valence-electron chi connectivity index (χ4n) is 0.494. The molecule has 1 aliphatic rings. The van der Waals surface area contributed by atoms with Crippen LogP contribution in [0.4, 0.5) is 4.79 Å². The summed E-state index contributed by atoms with van der Waals surface area (Å²) in [5, 5.41) is 8.82. The van der Waals surface area contributed by atoms with Gasteiger partial charge in [0.2, 0.25) is 0 Å². The molecule has 3 amide bonds. The Hall–Kier alpha value is -1.39. The maximum Gasteiger partial charge on any atom is 0.329 e. The summed E-state index contributed by atoms with van der Waals surface area (Å²) in [5.74, 6) is -0.942. The number of imide groups is 1. The number of carbonyl (C=O) groups is 2. The van der Waals surface area contributed by atoms with Gasteiger partial charge in [0.1, 0.15) is 0 Å². The van der Waals surface area contributed by atoms with E-state index in [9.17, 15) is 9.59 Å². The molecule has 48 valence electrons. The van der Waals surface area contributed by atoms with Gasteiger partial charge in [0, 0.05) is 7.05 Å². The number of amidine groups is 1. The summed E-state index contributed by atoms with van der Waals surface area (Å²) in [7, 11) is 1.36. The maximum atomic E-state index is 10.4. The van der Waals surface area contributed by atoms with Crippen molar-refractivity contribution in [2.45, 2.75) is 0 Å². The summed E-state index contributed by atoms with van der Waals surface area (Å²) >= 11 is 0. The van der Waals surface area contributed by atoms with Gasteiger partial charge in [-0.25, -0.2) is 4.79 Å². The van der Waals surface area contributed by atoms with Gasteiger partial charge in [-0.1, -0.05) is 0 Å². The average molecular weight is 127 g/mol. The molecule has 0 unspecified atom stereocenters. The standard InChI is InChI=1S/C4H5N3O2/c1-7-2(5)3(8)6-4(7)9/h5H,1H3,(H,6,8,9). The van der Waals surface area contributed by atoms with E-state index >= 15 is 0 Å². The second kappa shape index (κ2) is 1.54. The third-order valence-corrected chi connectivity index (χ3v) is 1.08. The number of likely N-dealkylation sites (N-methyl/N-ethyl adjacent to an activating group) is 1. The zero-order chi connectivity index (χ0) is 7.02. The van der Waals surface area contributed by atoms with Crippen molar-refractivity contribution in [2.24, 2.45) is 0 Å². The Bertz CT molecular complexity index is 198. The van der Waals surface area contributed by atoms with E-state index in [-0.39, 0.29) is 5.84 Å². The summed E-state index contributed by atoms with van der Waals surface area (Å²) in [6, 6.07) is -0.537. The highest BCUT2D eigenvalue weighted by Gasteiger charge is 2.29. The lowest BCUT2D eigenvalue weighted by molar-refractivity contribution is -0.113. The van der Waals surface area contributed by atoms with Gasteiger partial charge in [0.25, 0.3) is 5.91 Å². The third-order valence-electron chi connectivity index (χ3n) is 1.08. The van der Waals surface area contributed by atoms with Gasteiger partial charge in [0.15, 0.2) is 5.84 Å². The van der Waals surface area contributed by atoms with Crippen LogP contribution in [0.5, 0.6) is 0 Å². The molecule has 1 heterocycles. The van der Waals surface area contributed by atoms with Gasteiger partial charge in [-0.2, -0.15) is 0 Å².